The fraction of sp³-hybridized carbons (Fsp3) is 0.556. The predicted molar refractivity (Wildman–Crippen MR) is 52.1 cm³/mol. The summed E-state index contributed by atoms with van der Waals surface area (Å²) in [6.07, 6.45) is 3.59. The number of aromatic nitrogens is 5. The van der Waals surface area contributed by atoms with Crippen molar-refractivity contribution in [1.29, 1.82) is 0 Å². The van der Waals surface area contributed by atoms with Crippen molar-refractivity contribution >= 4 is 0 Å². The molecule has 1 aliphatic rings. The first-order valence-electron chi connectivity index (χ1n) is 5.19. The van der Waals surface area contributed by atoms with E-state index in [4.69, 9.17) is 4.52 Å². The first-order chi connectivity index (χ1) is 7.83. The van der Waals surface area contributed by atoms with E-state index in [1.807, 2.05) is 0 Å². The standard InChI is InChI=1S/C9H11N5O2/c15-6(5-1-2-5)3-7-12-9(14-16-7)8-10-4-11-13-8/h4-6,15H,1-3H2,(H,10,11,13). The average Bonchev–Trinajstić information content (AvgIpc) is 2.80. The molecule has 0 saturated heterocycles. The number of hydrogen-bond acceptors (Lipinski definition) is 6. The summed E-state index contributed by atoms with van der Waals surface area (Å²) in [6.45, 7) is 0. The second kappa shape index (κ2) is 3.67. The molecule has 1 saturated carbocycles. The Bertz CT molecular complexity index is 462. The summed E-state index contributed by atoms with van der Waals surface area (Å²) in [6, 6.07) is 0. The highest BCUT2D eigenvalue weighted by Crippen LogP contribution is 2.33. The summed E-state index contributed by atoms with van der Waals surface area (Å²) >= 11 is 0. The van der Waals surface area contributed by atoms with Crippen LogP contribution in [0.1, 0.15) is 18.7 Å². The zero-order valence-electron chi connectivity index (χ0n) is 8.50. The Hall–Kier alpha value is -1.76. The number of H-pyrrole nitrogens is 1. The van der Waals surface area contributed by atoms with E-state index in [1.54, 1.807) is 0 Å². The summed E-state index contributed by atoms with van der Waals surface area (Å²) in [5.74, 6) is 1.68. The SMILES string of the molecule is OC(Cc1nc(-c2ncn[nH]2)no1)C1CC1. The Labute approximate surface area is 90.9 Å². The van der Waals surface area contributed by atoms with Gasteiger partial charge in [0.1, 0.15) is 6.33 Å². The number of hydrogen-bond donors (Lipinski definition) is 2. The van der Waals surface area contributed by atoms with Crippen molar-refractivity contribution in [2.24, 2.45) is 5.92 Å². The van der Waals surface area contributed by atoms with E-state index >= 15 is 0 Å². The maximum atomic E-state index is 9.72. The van der Waals surface area contributed by atoms with E-state index in [1.165, 1.54) is 6.33 Å². The van der Waals surface area contributed by atoms with Crippen LogP contribution in [0.3, 0.4) is 0 Å². The fourth-order valence-corrected chi connectivity index (χ4v) is 1.57. The maximum Gasteiger partial charge on any atom is 0.239 e. The molecule has 7 nitrogen and oxygen atoms in total. The fourth-order valence-electron chi connectivity index (χ4n) is 1.57. The highest BCUT2D eigenvalue weighted by Gasteiger charge is 2.31. The quantitative estimate of drug-likeness (QED) is 0.763. The molecule has 2 aromatic heterocycles. The minimum absolute atomic E-state index is 0.371. The van der Waals surface area contributed by atoms with Crippen molar-refractivity contribution in [3.63, 3.8) is 0 Å². The molecule has 84 valence electrons. The van der Waals surface area contributed by atoms with Crippen LogP contribution >= 0.6 is 0 Å². The van der Waals surface area contributed by atoms with Crippen molar-refractivity contribution in [3.05, 3.63) is 12.2 Å². The van der Waals surface area contributed by atoms with Gasteiger partial charge in [-0.2, -0.15) is 10.1 Å². The molecular weight excluding hydrogens is 210 g/mol. The Morgan fingerprint density at radius 2 is 2.44 bits per heavy atom. The summed E-state index contributed by atoms with van der Waals surface area (Å²) in [7, 11) is 0. The van der Waals surface area contributed by atoms with Gasteiger partial charge in [-0.3, -0.25) is 5.10 Å². The molecule has 0 aromatic carbocycles. The molecule has 1 fully saturated rings. The van der Waals surface area contributed by atoms with Crippen LogP contribution in [-0.4, -0.2) is 36.5 Å². The third-order valence-electron chi connectivity index (χ3n) is 2.64. The monoisotopic (exact) mass is 221 g/mol. The van der Waals surface area contributed by atoms with Crippen LogP contribution in [0, 0.1) is 5.92 Å². The first-order valence-corrected chi connectivity index (χ1v) is 5.19. The average molecular weight is 221 g/mol. The van der Waals surface area contributed by atoms with Gasteiger partial charge >= 0.3 is 0 Å². The summed E-state index contributed by atoms with van der Waals surface area (Å²) in [4.78, 5) is 8.04. The lowest BCUT2D eigenvalue weighted by atomic mass is 10.2. The molecule has 2 aromatic rings. The van der Waals surface area contributed by atoms with E-state index in [0.717, 1.165) is 12.8 Å². The maximum absolute atomic E-state index is 9.72. The number of aliphatic hydroxyl groups excluding tert-OH is 1. The highest BCUT2D eigenvalue weighted by molar-refractivity contribution is 5.39. The van der Waals surface area contributed by atoms with Gasteiger partial charge in [-0.05, 0) is 18.8 Å². The van der Waals surface area contributed by atoms with E-state index < -0.39 is 0 Å². The Kier molecular flexibility index (Phi) is 2.17. The minimum Gasteiger partial charge on any atom is -0.392 e. The molecule has 0 amide bonds. The van der Waals surface area contributed by atoms with Gasteiger partial charge in [0.15, 0.2) is 5.82 Å². The number of nitrogens with one attached hydrogen (secondary N) is 1. The van der Waals surface area contributed by atoms with Crippen molar-refractivity contribution in [2.45, 2.75) is 25.4 Å². The normalized spacial score (nSPS) is 17.6. The molecule has 0 radical (unpaired) electrons. The molecule has 0 aliphatic heterocycles. The van der Waals surface area contributed by atoms with Gasteiger partial charge in [0.25, 0.3) is 0 Å². The topological polar surface area (TPSA) is 101 Å². The molecule has 2 N–H and O–H groups in total. The number of rotatable bonds is 4. The third kappa shape index (κ3) is 1.81. The lowest BCUT2D eigenvalue weighted by Crippen LogP contribution is -2.12. The molecule has 3 rings (SSSR count). The molecule has 1 aliphatic carbocycles. The molecule has 7 heteroatoms. The number of aromatic amines is 1. The van der Waals surface area contributed by atoms with Gasteiger partial charge in [-0.1, -0.05) is 5.16 Å². The van der Waals surface area contributed by atoms with E-state index in [-0.39, 0.29) is 6.10 Å². The van der Waals surface area contributed by atoms with Crippen LogP contribution in [0.25, 0.3) is 11.6 Å². The smallest absolute Gasteiger partial charge is 0.239 e. The highest BCUT2D eigenvalue weighted by atomic mass is 16.5. The zero-order chi connectivity index (χ0) is 11.0. The molecule has 0 spiro atoms. The summed E-state index contributed by atoms with van der Waals surface area (Å²) in [5.41, 5.74) is 0. The van der Waals surface area contributed by atoms with Crippen LogP contribution in [0.5, 0.6) is 0 Å². The van der Waals surface area contributed by atoms with Crippen molar-refractivity contribution in [3.8, 4) is 11.6 Å². The summed E-state index contributed by atoms with van der Waals surface area (Å²) < 4.78 is 5.03. The summed E-state index contributed by atoms with van der Waals surface area (Å²) in [5, 5.41) is 19.8. The van der Waals surface area contributed by atoms with Crippen molar-refractivity contribution in [2.75, 3.05) is 0 Å². The zero-order valence-corrected chi connectivity index (χ0v) is 8.50. The lowest BCUT2D eigenvalue weighted by Gasteiger charge is -2.03. The van der Waals surface area contributed by atoms with E-state index in [9.17, 15) is 5.11 Å². The van der Waals surface area contributed by atoms with Crippen molar-refractivity contribution < 1.29 is 9.63 Å². The number of aliphatic hydroxyl groups is 1. The van der Waals surface area contributed by atoms with Crippen LogP contribution in [-0.2, 0) is 6.42 Å². The van der Waals surface area contributed by atoms with Gasteiger partial charge in [0.05, 0.1) is 12.5 Å². The van der Waals surface area contributed by atoms with E-state index in [2.05, 4.69) is 25.3 Å². The number of nitrogens with zero attached hydrogens (tertiary/aromatic N) is 4. The van der Waals surface area contributed by atoms with Gasteiger partial charge in [-0.15, -0.1) is 0 Å². The molecule has 0 bridgehead atoms. The molecular formula is C9H11N5O2. The van der Waals surface area contributed by atoms with E-state index in [0.29, 0.717) is 29.9 Å². The van der Waals surface area contributed by atoms with Gasteiger partial charge < -0.3 is 9.63 Å². The largest absolute Gasteiger partial charge is 0.392 e. The second-order valence-electron chi connectivity index (χ2n) is 3.95. The Balaban J connectivity index is 1.72. The first kappa shape index (κ1) is 9.46. The predicted octanol–water partition coefficient (Wildman–Crippen LogP) is 0.168. The van der Waals surface area contributed by atoms with Crippen LogP contribution in [0.4, 0.5) is 0 Å². The van der Waals surface area contributed by atoms with Crippen LogP contribution < -0.4 is 0 Å². The molecule has 1 atom stereocenters. The Morgan fingerprint density at radius 3 is 3.12 bits per heavy atom. The van der Waals surface area contributed by atoms with Crippen molar-refractivity contribution in [1.82, 2.24) is 25.3 Å². The van der Waals surface area contributed by atoms with Gasteiger partial charge in [0.2, 0.25) is 11.7 Å². The van der Waals surface area contributed by atoms with Crippen LogP contribution in [0.2, 0.25) is 0 Å². The lowest BCUT2D eigenvalue weighted by molar-refractivity contribution is 0.140. The Morgan fingerprint density at radius 1 is 1.56 bits per heavy atom. The van der Waals surface area contributed by atoms with Crippen LogP contribution in [0.15, 0.2) is 10.9 Å². The minimum atomic E-state index is -0.372. The molecule has 16 heavy (non-hydrogen) atoms. The third-order valence-corrected chi connectivity index (χ3v) is 2.64. The molecule has 1 unspecified atom stereocenters. The van der Waals surface area contributed by atoms with Gasteiger partial charge in [0, 0.05) is 0 Å². The second-order valence-corrected chi connectivity index (χ2v) is 3.95. The molecule has 2 heterocycles. The van der Waals surface area contributed by atoms with Gasteiger partial charge in [-0.25, -0.2) is 4.98 Å².